The second-order valence-corrected chi connectivity index (χ2v) is 5.92. The Kier molecular flexibility index (Phi) is 4.06. The van der Waals surface area contributed by atoms with Gasteiger partial charge in [0, 0.05) is 17.3 Å². The topological polar surface area (TPSA) is 50.9 Å². The van der Waals surface area contributed by atoms with Crippen molar-refractivity contribution in [1.82, 2.24) is 10.4 Å². The summed E-state index contributed by atoms with van der Waals surface area (Å²) in [6, 6.07) is 8.29. The Morgan fingerprint density at radius 1 is 1.31 bits per heavy atom. The van der Waals surface area contributed by atoms with Gasteiger partial charge in [0.05, 0.1) is 9.83 Å². The number of hydrazine groups is 1. The van der Waals surface area contributed by atoms with Gasteiger partial charge in [-0.1, -0.05) is 0 Å². The highest BCUT2D eigenvalue weighted by Gasteiger charge is 2.12. The van der Waals surface area contributed by atoms with Gasteiger partial charge < -0.3 is 0 Å². The molecule has 2 rings (SSSR count). The second-order valence-electron chi connectivity index (χ2n) is 3.42. The summed E-state index contributed by atoms with van der Waals surface area (Å²) in [6.45, 7) is 0. The highest BCUT2D eigenvalue weighted by molar-refractivity contribution is 9.11. The third-order valence-electron chi connectivity index (χ3n) is 2.33. The highest BCUT2D eigenvalue weighted by atomic mass is 79.9. The Morgan fingerprint density at radius 2 is 2.06 bits per heavy atom. The van der Waals surface area contributed by atoms with Crippen LogP contribution in [0.4, 0.5) is 0 Å². The molecule has 5 heteroatoms. The number of halogens is 1. The first-order chi connectivity index (χ1) is 7.79. The predicted octanol–water partition coefficient (Wildman–Crippen LogP) is 2.65. The Labute approximate surface area is 107 Å². The van der Waals surface area contributed by atoms with Gasteiger partial charge in [-0.15, -0.1) is 11.3 Å². The molecule has 16 heavy (non-hydrogen) atoms. The average molecular weight is 298 g/mol. The van der Waals surface area contributed by atoms with Crippen LogP contribution in [-0.2, 0) is 6.42 Å². The summed E-state index contributed by atoms with van der Waals surface area (Å²) in [4.78, 5) is 5.23. The summed E-state index contributed by atoms with van der Waals surface area (Å²) < 4.78 is 1.12. The maximum atomic E-state index is 5.59. The van der Waals surface area contributed by atoms with Crippen molar-refractivity contribution in [2.45, 2.75) is 12.5 Å². The van der Waals surface area contributed by atoms with Crippen LogP contribution in [-0.4, -0.2) is 4.98 Å². The lowest BCUT2D eigenvalue weighted by Crippen LogP contribution is -2.28. The molecule has 3 nitrogen and oxygen atoms in total. The first-order valence-electron chi connectivity index (χ1n) is 4.90. The number of hydrogen-bond acceptors (Lipinski definition) is 4. The largest absolute Gasteiger partial charge is 0.271 e. The molecule has 3 N–H and O–H groups in total. The standard InChI is InChI=1S/C11H12BrN3S/c12-11-2-1-10(16-11)9(15-13)7-8-3-5-14-6-4-8/h1-6,9,15H,7,13H2. The van der Waals surface area contributed by atoms with Crippen molar-refractivity contribution in [3.63, 3.8) is 0 Å². The zero-order chi connectivity index (χ0) is 11.4. The van der Waals surface area contributed by atoms with Gasteiger partial charge in [0.2, 0.25) is 0 Å². The molecule has 2 heterocycles. The van der Waals surface area contributed by atoms with Gasteiger partial charge in [0.1, 0.15) is 0 Å². The number of aromatic nitrogens is 1. The fraction of sp³-hybridized carbons (Fsp3) is 0.182. The molecule has 0 saturated carbocycles. The van der Waals surface area contributed by atoms with Crippen LogP contribution >= 0.6 is 27.3 Å². The lowest BCUT2D eigenvalue weighted by Gasteiger charge is -2.13. The molecular formula is C11H12BrN3S. The van der Waals surface area contributed by atoms with E-state index in [1.165, 1.54) is 10.4 Å². The lowest BCUT2D eigenvalue weighted by molar-refractivity contribution is 0.560. The van der Waals surface area contributed by atoms with Crippen molar-refractivity contribution in [2.24, 2.45) is 5.84 Å². The number of nitrogens with zero attached hydrogens (tertiary/aromatic N) is 1. The lowest BCUT2D eigenvalue weighted by atomic mass is 10.1. The summed E-state index contributed by atoms with van der Waals surface area (Å²) in [5, 5.41) is 0. The van der Waals surface area contributed by atoms with Crippen LogP contribution in [0, 0.1) is 0 Å². The molecule has 1 unspecified atom stereocenters. The minimum Gasteiger partial charge on any atom is -0.271 e. The second kappa shape index (κ2) is 5.54. The number of hydrogen-bond donors (Lipinski definition) is 2. The van der Waals surface area contributed by atoms with Crippen LogP contribution in [0.5, 0.6) is 0 Å². The molecule has 1 atom stereocenters. The molecule has 0 bridgehead atoms. The van der Waals surface area contributed by atoms with E-state index >= 15 is 0 Å². The van der Waals surface area contributed by atoms with E-state index in [2.05, 4.69) is 32.4 Å². The van der Waals surface area contributed by atoms with Gasteiger partial charge >= 0.3 is 0 Å². The zero-order valence-corrected chi connectivity index (χ0v) is 11.0. The zero-order valence-electron chi connectivity index (χ0n) is 8.56. The van der Waals surface area contributed by atoms with Crippen LogP contribution in [0.1, 0.15) is 16.5 Å². The molecule has 0 aliphatic carbocycles. The Balaban J connectivity index is 2.12. The summed E-state index contributed by atoms with van der Waals surface area (Å²) in [5.41, 5.74) is 4.07. The van der Waals surface area contributed by atoms with Crippen LogP contribution in [0.3, 0.4) is 0 Å². The molecule has 0 spiro atoms. The van der Waals surface area contributed by atoms with Crippen molar-refractivity contribution in [3.05, 3.63) is 50.9 Å². The Bertz CT molecular complexity index is 444. The van der Waals surface area contributed by atoms with Crippen molar-refractivity contribution >= 4 is 27.3 Å². The average Bonchev–Trinajstić information content (AvgIpc) is 2.74. The van der Waals surface area contributed by atoms with E-state index < -0.39 is 0 Å². The van der Waals surface area contributed by atoms with E-state index in [9.17, 15) is 0 Å². The van der Waals surface area contributed by atoms with Crippen LogP contribution in [0.2, 0.25) is 0 Å². The first-order valence-corrected chi connectivity index (χ1v) is 6.51. The first kappa shape index (κ1) is 11.7. The maximum absolute atomic E-state index is 5.59. The molecule has 0 saturated heterocycles. The number of nitrogens with one attached hydrogen (secondary N) is 1. The van der Waals surface area contributed by atoms with Gasteiger partial charge in [-0.2, -0.15) is 0 Å². The fourth-order valence-electron chi connectivity index (χ4n) is 1.51. The predicted molar refractivity (Wildman–Crippen MR) is 70.0 cm³/mol. The van der Waals surface area contributed by atoms with E-state index in [0.29, 0.717) is 0 Å². The molecule has 0 fully saturated rings. The third kappa shape index (κ3) is 2.89. The van der Waals surface area contributed by atoms with E-state index in [1.807, 2.05) is 18.2 Å². The number of thiophene rings is 1. The molecule has 0 radical (unpaired) electrons. The molecule has 84 valence electrons. The van der Waals surface area contributed by atoms with Crippen molar-refractivity contribution in [3.8, 4) is 0 Å². The van der Waals surface area contributed by atoms with Crippen molar-refractivity contribution < 1.29 is 0 Å². The summed E-state index contributed by atoms with van der Waals surface area (Å²) in [5.74, 6) is 5.59. The smallest absolute Gasteiger partial charge is 0.0702 e. The molecule has 0 aliphatic heterocycles. The van der Waals surface area contributed by atoms with E-state index in [-0.39, 0.29) is 6.04 Å². The van der Waals surface area contributed by atoms with Crippen LogP contribution < -0.4 is 11.3 Å². The van der Waals surface area contributed by atoms with E-state index in [1.54, 1.807) is 23.7 Å². The SMILES string of the molecule is NNC(Cc1ccncc1)c1ccc(Br)s1. The minimum atomic E-state index is 0.152. The van der Waals surface area contributed by atoms with E-state index in [4.69, 9.17) is 5.84 Å². The Morgan fingerprint density at radius 3 is 2.62 bits per heavy atom. The molecule has 0 aliphatic rings. The summed E-state index contributed by atoms with van der Waals surface area (Å²) >= 11 is 5.15. The van der Waals surface area contributed by atoms with E-state index in [0.717, 1.165) is 10.2 Å². The van der Waals surface area contributed by atoms with Gasteiger partial charge in [0.15, 0.2) is 0 Å². The highest BCUT2D eigenvalue weighted by Crippen LogP contribution is 2.28. The van der Waals surface area contributed by atoms with Gasteiger partial charge in [-0.3, -0.25) is 16.3 Å². The normalized spacial score (nSPS) is 12.6. The quantitative estimate of drug-likeness (QED) is 0.674. The maximum Gasteiger partial charge on any atom is 0.0702 e. The monoisotopic (exact) mass is 297 g/mol. The van der Waals surface area contributed by atoms with Crippen LogP contribution in [0.15, 0.2) is 40.4 Å². The van der Waals surface area contributed by atoms with Crippen molar-refractivity contribution in [1.29, 1.82) is 0 Å². The molecule has 2 aromatic heterocycles. The number of nitrogens with two attached hydrogens (primary N) is 1. The summed E-state index contributed by atoms with van der Waals surface area (Å²) in [7, 11) is 0. The minimum absolute atomic E-state index is 0.152. The molecule has 2 aromatic rings. The van der Waals surface area contributed by atoms with Crippen molar-refractivity contribution in [2.75, 3.05) is 0 Å². The van der Waals surface area contributed by atoms with Gasteiger partial charge in [-0.05, 0) is 52.2 Å². The number of pyridine rings is 1. The molecule has 0 aromatic carbocycles. The van der Waals surface area contributed by atoms with Crippen LogP contribution in [0.25, 0.3) is 0 Å². The Hall–Kier alpha value is -0.750. The van der Waals surface area contributed by atoms with Gasteiger partial charge in [0.25, 0.3) is 0 Å². The number of rotatable bonds is 4. The van der Waals surface area contributed by atoms with Gasteiger partial charge in [-0.25, -0.2) is 0 Å². The third-order valence-corrected chi connectivity index (χ3v) is 4.07. The molecule has 0 amide bonds. The molecular weight excluding hydrogens is 286 g/mol. The fourth-order valence-corrected chi connectivity index (χ4v) is 3.00. The summed E-state index contributed by atoms with van der Waals surface area (Å²) in [6.07, 6.45) is 4.46.